The van der Waals surface area contributed by atoms with Crippen molar-refractivity contribution in [3.05, 3.63) is 323 Å². The molecule has 0 bridgehead atoms. The van der Waals surface area contributed by atoms with Crippen LogP contribution in [0.25, 0.3) is 0 Å². The minimum absolute atomic E-state index is 0. The molecular weight excluding hydrogens is 1690 g/mol. The molecule has 9 aromatic rings. The number of aliphatic carboxylic acids is 1. The number of benzene rings is 9. The number of hydrogen-bond donors (Lipinski definition) is 12. The minimum atomic E-state index is -0.959. The van der Waals surface area contributed by atoms with Crippen LogP contribution in [0.4, 0.5) is 9.59 Å². The molecule has 20 nitrogen and oxygen atoms in total. The summed E-state index contributed by atoms with van der Waals surface area (Å²) in [4.78, 5) is 49.1. The van der Waals surface area contributed by atoms with Crippen molar-refractivity contribution in [2.24, 2.45) is 70.5 Å². The molecule has 14 atom stereocenters. The first-order valence-electron chi connectivity index (χ1n) is 48.3. The molecule has 1 unspecified atom stereocenters. The van der Waals surface area contributed by atoms with Crippen LogP contribution in [0.15, 0.2) is 273 Å². The number of carbonyl (C=O) groups excluding carboxylic acids is 3. The van der Waals surface area contributed by atoms with E-state index in [-0.39, 0.29) is 80.2 Å². The van der Waals surface area contributed by atoms with Crippen LogP contribution in [0.3, 0.4) is 0 Å². The van der Waals surface area contributed by atoms with E-state index in [4.69, 9.17) is 42.0 Å². The summed E-state index contributed by atoms with van der Waals surface area (Å²) in [7, 11) is 0. The molecule has 9 aromatic carbocycles. The van der Waals surface area contributed by atoms with Gasteiger partial charge < -0.3 is 87.9 Å². The van der Waals surface area contributed by atoms with Gasteiger partial charge in [-0.1, -0.05) is 363 Å². The summed E-state index contributed by atoms with van der Waals surface area (Å²) in [6, 6.07) is 89.5. The number of aliphatic hydroxyl groups excluding tert-OH is 5. The second-order valence-corrected chi connectivity index (χ2v) is 39.5. The Labute approximate surface area is 813 Å². The maximum absolute atomic E-state index is 12.5. The molecule has 2 aliphatic rings. The quantitative estimate of drug-likeness (QED) is 0.0126. The summed E-state index contributed by atoms with van der Waals surface area (Å²) in [5.41, 5.74) is 27.5. The molecule has 135 heavy (non-hydrogen) atoms. The molecule has 2 fully saturated rings. The standard InChI is InChI=1S/C20H34N2O2.C19H33N3O2.C15H25NO.2C11H14O.C10H14O.C10H12O.C9H11NO2.C9H13NO.CH4/c1-15(2)13-22(19(24)21-20(4,5)6)14-18(23)16(3)12-17-10-8-7-9-11-17;1-14(2)12-22(18(24)21-19(3,4)5)13-17(23)16(20)11-15-9-7-6-8-10-15;1-12(2)10-16-11-15(17)13(3)9-14-7-5-4-6-8-14;2*1-9(11-8-12-11)7-10-5-3-2-4-6-10;2*1-9(8-11)7-10-5-3-2-4-6-10;10-8(9(11)12)6-7-4-2-1-3-5-7;10-9(7-11)6-8-4-2-1-3-5-8;/h7-11,15-16,18,23H,12-14H2,1-6H3,(H,21,24);6-10,14,16-17,23H,11-13,20H2,1-5H3,(H,21,24);4-8,12-13,15-17H,9-11H2,1-3H3;2*2-6,9,11H,7-8H2,1H3;2-6,9,11H,7-8H2,1H3;2-6,8-9H,7H2,1H3;1-5,8H,6,10H2,(H,11,12);1-5,9,11H,6-7,10H2;1H4/t16-,18+;16-,17+;13-,15?;9-,11+;9-,11-;2*9-;8-;9-;/m000000000./s1. The molecule has 0 saturated carbocycles. The van der Waals surface area contributed by atoms with Gasteiger partial charge in [-0.25, -0.2) is 9.59 Å². The number of aldehydes is 1. The highest BCUT2D eigenvalue weighted by Crippen LogP contribution is 2.25. The summed E-state index contributed by atoms with van der Waals surface area (Å²) < 4.78 is 10.5. The third kappa shape index (κ3) is 61.1. The van der Waals surface area contributed by atoms with E-state index in [1.807, 2.05) is 252 Å². The van der Waals surface area contributed by atoms with Crippen molar-refractivity contribution in [1.82, 2.24) is 25.8 Å². The Kier molecular flexibility index (Phi) is 62.1. The van der Waals surface area contributed by atoms with E-state index in [1.54, 1.807) is 9.80 Å². The molecule has 746 valence electrons. The molecule has 2 heterocycles. The molecule has 0 spiro atoms. The Morgan fingerprint density at radius 1 is 0.378 bits per heavy atom. The smallest absolute Gasteiger partial charge is 0.320 e. The van der Waals surface area contributed by atoms with Crippen molar-refractivity contribution in [2.75, 3.05) is 65.7 Å². The number of epoxide rings is 2. The number of nitrogens with zero attached hydrogens (tertiary/aromatic N) is 2. The lowest BCUT2D eigenvalue weighted by molar-refractivity contribution is -0.138. The molecule has 4 amide bonds. The van der Waals surface area contributed by atoms with Crippen LogP contribution in [0.2, 0.25) is 0 Å². The van der Waals surface area contributed by atoms with Crippen LogP contribution >= 0.6 is 0 Å². The number of rotatable bonds is 39. The Morgan fingerprint density at radius 2 is 0.659 bits per heavy atom. The molecule has 0 aromatic heterocycles. The van der Waals surface area contributed by atoms with Crippen molar-refractivity contribution < 1.29 is 59.3 Å². The fourth-order valence-corrected chi connectivity index (χ4v) is 14.0. The van der Waals surface area contributed by atoms with Crippen molar-refractivity contribution in [3.8, 4) is 0 Å². The van der Waals surface area contributed by atoms with E-state index in [1.165, 1.54) is 38.9 Å². The maximum Gasteiger partial charge on any atom is 0.320 e. The van der Waals surface area contributed by atoms with Crippen LogP contribution in [-0.2, 0) is 76.9 Å². The van der Waals surface area contributed by atoms with E-state index in [0.29, 0.717) is 86.7 Å². The molecule has 11 rings (SSSR count). The first-order valence-corrected chi connectivity index (χ1v) is 48.3. The van der Waals surface area contributed by atoms with Gasteiger partial charge in [0.1, 0.15) is 12.3 Å². The van der Waals surface area contributed by atoms with Crippen LogP contribution in [0, 0.1) is 53.3 Å². The topological polar surface area (TPSA) is 335 Å². The highest BCUT2D eigenvalue weighted by atomic mass is 16.6. The maximum atomic E-state index is 12.5. The molecule has 0 aliphatic carbocycles. The predicted molar refractivity (Wildman–Crippen MR) is 559 cm³/mol. The van der Waals surface area contributed by atoms with Gasteiger partial charge in [0.2, 0.25) is 0 Å². The van der Waals surface area contributed by atoms with E-state index in [0.717, 1.165) is 82.1 Å². The number of ether oxygens (including phenoxy) is 2. The highest BCUT2D eigenvalue weighted by Gasteiger charge is 2.31. The molecule has 2 aliphatic heterocycles. The Morgan fingerprint density at radius 3 is 0.941 bits per heavy atom. The van der Waals surface area contributed by atoms with Crippen molar-refractivity contribution in [1.29, 1.82) is 0 Å². The molecule has 15 N–H and O–H groups in total. The minimum Gasteiger partial charge on any atom is -0.480 e. The van der Waals surface area contributed by atoms with Crippen LogP contribution < -0.4 is 33.2 Å². The monoisotopic (exact) mass is 1860 g/mol. The zero-order valence-corrected chi connectivity index (χ0v) is 84.1. The number of amides is 4. The fraction of sp³-hybridized carbons (Fsp3) is 0.496. The SMILES string of the molecule is C.CC(C)CN(C[C@@H](O)[C@@H](C)Cc1ccccc1)C(=O)NC(C)(C)C.CC(C)CN(C[C@@H](O)[C@@H](N)Cc1ccccc1)C(=O)NC(C)(C)C.CC(C)CNCC(O)[C@@H](C)Cc1ccccc1.C[C@@H](Cc1ccccc1)[C@@H]1CO1.C[C@@H](Cc1ccccc1)[C@H]1CO1.C[C@H](C=O)Cc1ccccc1.C[C@H](CO)Cc1ccccc1.N[C@@H](Cc1ccccc1)C(=O)O.N[C@H](CO)Cc1ccccc1. The molecular formula is C115H174N8O12. The Balaban J connectivity index is 0.000000522. The Hall–Kier alpha value is -9.78. The van der Waals surface area contributed by atoms with Gasteiger partial charge in [-0.3, -0.25) is 4.79 Å². The summed E-state index contributed by atoms with van der Waals surface area (Å²) in [6.07, 6.45) is 8.04. The summed E-state index contributed by atoms with van der Waals surface area (Å²) in [5.74, 6) is 2.57. The zero-order valence-electron chi connectivity index (χ0n) is 84.1. The summed E-state index contributed by atoms with van der Waals surface area (Å²) in [5, 5.41) is 66.3. The van der Waals surface area contributed by atoms with Gasteiger partial charge in [0.25, 0.3) is 0 Å². The first-order chi connectivity index (χ1) is 63.7. The lowest BCUT2D eigenvalue weighted by atomic mass is 9.95. The van der Waals surface area contributed by atoms with E-state index in [2.05, 4.69) is 161 Å². The third-order valence-electron chi connectivity index (χ3n) is 21.7. The number of urea groups is 2. The molecule has 2 saturated heterocycles. The van der Waals surface area contributed by atoms with Gasteiger partial charge in [0.05, 0.1) is 50.3 Å². The Bertz CT molecular complexity index is 4210. The molecule has 20 heteroatoms. The van der Waals surface area contributed by atoms with Gasteiger partial charge in [-0.05, 0) is 203 Å². The molecule has 0 radical (unpaired) electrons. The van der Waals surface area contributed by atoms with E-state index < -0.39 is 30.3 Å². The number of aliphatic hydroxyl groups is 5. The number of hydrogen-bond acceptors (Lipinski definition) is 15. The largest absolute Gasteiger partial charge is 0.480 e. The number of nitrogens with two attached hydrogens (primary N) is 3. The number of carbonyl (C=O) groups is 4. The number of carboxylic acid groups (broad SMARTS) is 1. The van der Waals surface area contributed by atoms with Crippen LogP contribution in [0.5, 0.6) is 0 Å². The highest BCUT2D eigenvalue weighted by molar-refractivity contribution is 5.75. The second kappa shape index (κ2) is 69.1. The second-order valence-electron chi connectivity index (χ2n) is 39.5. The third-order valence-corrected chi connectivity index (χ3v) is 21.7. The van der Waals surface area contributed by atoms with Gasteiger partial charge in [0.15, 0.2) is 0 Å². The van der Waals surface area contributed by atoms with Crippen LogP contribution in [-0.4, -0.2) is 190 Å². The zero-order chi connectivity index (χ0) is 99.4. The van der Waals surface area contributed by atoms with Gasteiger partial charge >= 0.3 is 18.0 Å². The lowest BCUT2D eigenvalue weighted by Gasteiger charge is -2.32. The normalized spacial score (nSPS) is 15.4. The van der Waals surface area contributed by atoms with Gasteiger partial charge in [-0.15, -0.1) is 0 Å². The predicted octanol–water partition coefficient (Wildman–Crippen LogP) is 18.8. The fourth-order valence-electron chi connectivity index (χ4n) is 14.0. The average Bonchev–Trinajstić information content (AvgIpc) is 1.73. The van der Waals surface area contributed by atoms with Crippen LogP contribution in [0.1, 0.15) is 182 Å². The van der Waals surface area contributed by atoms with E-state index >= 15 is 0 Å². The summed E-state index contributed by atoms with van der Waals surface area (Å²) >= 11 is 0. The van der Waals surface area contributed by atoms with Crippen molar-refractivity contribution in [3.63, 3.8) is 0 Å². The van der Waals surface area contributed by atoms with Crippen molar-refractivity contribution >= 4 is 24.3 Å². The number of carboxylic acids is 1. The number of nitrogens with one attached hydrogen (secondary N) is 3. The van der Waals surface area contributed by atoms with Gasteiger partial charge in [0, 0.05) is 68.4 Å². The lowest BCUT2D eigenvalue weighted by Crippen LogP contribution is -2.53. The average molecular weight is 1860 g/mol. The van der Waals surface area contributed by atoms with Gasteiger partial charge in [-0.2, -0.15) is 0 Å². The first kappa shape index (κ1) is 121. The van der Waals surface area contributed by atoms with Crippen molar-refractivity contribution in [2.45, 2.75) is 250 Å². The van der Waals surface area contributed by atoms with E-state index in [9.17, 15) is 34.5 Å². The summed E-state index contributed by atoms with van der Waals surface area (Å²) in [6.45, 7) is 42.7.